The molecule has 96 valence electrons. The van der Waals surface area contributed by atoms with Gasteiger partial charge in [0.1, 0.15) is 5.15 Å². The van der Waals surface area contributed by atoms with Crippen molar-refractivity contribution in [1.29, 1.82) is 0 Å². The van der Waals surface area contributed by atoms with Crippen LogP contribution in [0.2, 0.25) is 5.15 Å². The quantitative estimate of drug-likeness (QED) is 0.796. The Kier molecular flexibility index (Phi) is 3.93. The molecule has 5 nitrogen and oxygen atoms in total. The van der Waals surface area contributed by atoms with Crippen LogP contribution in [0, 0.1) is 6.92 Å². The number of aromatic nitrogens is 3. The second-order valence-corrected chi connectivity index (χ2v) is 4.63. The lowest BCUT2D eigenvalue weighted by Crippen LogP contribution is -2.22. The molecule has 0 saturated carbocycles. The standard InChI is InChI=1S/C12H15ClN4O/c1-8(12-16-15-9(2)18-12)17(3)7-10-4-5-11(13)14-6-10/h4-6,8H,7H2,1-3H3/t8-/m1/s1. The summed E-state index contributed by atoms with van der Waals surface area (Å²) < 4.78 is 5.42. The second-order valence-electron chi connectivity index (χ2n) is 4.24. The molecular weight excluding hydrogens is 252 g/mol. The van der Waals surface area contributed by atoms with Gasteiger partial charge >= 0.3 is 0 Å². The van der Waals surface area contributed by atoms with Crippen LogP contribution >= 0.6 is 11.6 Å². The Labute approximate surface area is 111 Å². The fraction of sp³-hybridized carbons (Fsp3) is 0.417. The maximum atomic E-state index is 5.75. The van der Waals surface area contributed by atoms with Gasteiger partial charge in [0.15, 0.2) is 0 Å². The molecule has 0 aliphatic heterocycles. The van der Waals surface area contributed by atoms with Gasteiger partial charge in [-0.25, -0.2) is 4.98 Å². The van der Waals surface area contributed by atoms with Crippen molar-refractivity contribution in [3.05, 3.63) is 40.8 Å². The highest BCUT2D eigenvalue weighted by Crippen LogP contribution is 2.19. The summed E-state index contributed by atoms with van der Waals surface area (Å²) in [6, 6.07) is 3.80. The molecule has 0 aliphatic rings. The first-order chi connectivity index (χ1) is 8.56. The normalized spacial score (nSPS) is 12.9. The van der Waals surface area contributed by atoms with Crippen molar-refractivity contribution in [2.24, 2.45) is 0 Å². The number of pyridine rings is 1. The molecule has 2 rings (SSSR count). The van der Waals surface area contributed by atoms with Gasteiger partial charge in [0.25, 0.3) is 0 Å². The monoisotopic (exact) mass is 266 g/mol. The van der Waals surface area contributed by atoms with Gasteiger partial charge in [0, 0.05) is 19.7 Å². The number of aryl methyl sites for hydroxylation is 1. The van der Waals surface area contributed by atoms with Crippen molar-refractivity contribution >= 4 is 11.6 Å². The molecule has 0 amide bonds. The zero-order valence-corrected chi connectivity index (χ0v) is 11.3. The van der Waals surface area contributed by atoms with Crippen LogP contribution < -0.4 is 0 Å². The van der Waals surface area contributed by atoms with Gasteiger partial charge in [0.05, 0.1) is 6.04 Å². The van der Waals surface area contributed by atoms with Crippen molar-refractivity contribution in [1.82, 2.24) is 20.1 Å². The van der Waals surface area contributed by atoms with Crippen molar-refractivity contribution < 1.29 is 4.42 Å². The first kappa shape index (κ1) is 13.0. The fourth-order valence-electron chi connectivity index (χ4n) is 1.59. The first-order valence-electron chi connectivity index (χ1n) is 5.67. The third-order valence-electron chi connectivity index (χ3n) is 2.78. The first-order valence-corrected chi connectivity index (χ1v) is 6.04. The Balaban J connectivity index is 2.03. The summed E-state index contributed by atoms with van der Waals surface area (Å²) in [5.41, 5.74) is 1.09. The van der Waals surface area contributed by atoms with Crippen molar-refractivity contribution in [3.63, 3.8) is 0 Å². The van der Waals surface area contributed by atoms with E-state index in [1.165, 1.54) is 0 Å². The summed E-state index contributed by atoms with van der Waals surface area (Å²) in [4.78, 5) is 6.16. The van der Waals surface area contributed by atoms with E-state index in [1.54, 1.807) is 19.2 Å². The molecule has 6 heteroatoms. The summed E-state index contributed by atoms with van der Waals surface area (Å²) in [6.45, 7) is 4.55. The highest BCUT2D eigenvalue weighted by Gasteiger charge is 2.17. The van der Waals surface area contributed by atoms with E-state index in [4.69, 9.17) is 16.0 Å². The van der Waals surface area contributed by atoms with Crippen LogP contribution in [-0.2, 0) is 6.54 Å². The third-order valence-corrected chi connectivity index (χ3v) is 3.00. The average molecular weight is 267 g/mol. The van der Waals surface area contributed by atoms with E-state index in [-0.39, 0.29) is 6.04 Å². The molecule has 0 radical (unpaired) electrons. The van der Waals surface area contributed by atoms with Gasteiger partial charge < -0.3 is 4.42 Å². The van der Waals surface area contributed by atoms with Gasteiger partial charge in [0.2, 0.25) is 11.8 Å². The van der Waals surface area contributed by atoms with Gasteiger partial charge in [-0.05, 0) is 25.6 Å². The molecule has 1 atom stereocenters. The SMILES string of the molecule is Cc1nnc([C@@H](C)N(C)Cc2ccc(Cl)nc2)o1. The molecule has 0 fully saturated rings. The molecular formula is C12H15ClN4O. The summed E-state index contributed by atoms with van der Waals surface area (Å²) in [5, 5.41) is 8.36. The fourth-order valence-corrected chi connectivity index (χ4v) is 1.71. The molecule has 0 N–H and O–H groups in total. The van der Waals surface area contributed by atoms with E-state index in [1.807, 2.05) is 20.0 Å². The predicted octanol–water partition coefficient (Wildman–Crippen LogP) is 2.62. The predicted molar refractivity (Wildman–Crippen MR) is 68.2 cm³/mol. The van der Waals surface area contributed by atoms with Crippen LogP contribution in [0.15, 0.2) is 22.7 Å². The Morgan fingerprint density at radius 2 is 2.17 bits per heavy atom. The number of nitrogens with zero attached hydrogens (tertiary/aromatic N) is 4. The summed E-state index contributed by atoms with van der Waals surface area (Å²) >= 11 is 5.75. The molecule has 0 unspecified atom stereocenters. The lowest BCUT2D eigenvalue weighted by atomic mass is 10.2. The van der Waals surface area contributed by atoms with Gasteiger partial charge in [-0.3, -0.25) is 4.90 Å². The van der Waals surface area contributed by atoms with Crippen LogP contribution in [0.3, 0.4) is 0 Å². The summed E-state index contributed by atoms with van der Waals surface area (Å²) in [6.07, 6.45) is 1.77. The van der Waals surface area contributed by atoms with Crippen molar-refractivity contribution in [2.75, 3.05) is 7.05 Å². The third kappa shape index (κ3) is 3.05. The minimum absolute atomic E-state index is 0.0573. The molecule has 0 aliphatic carbocycles. The van der Waals surface area contributed by atoms with E-state index >= 15 is 0 Å². The average Bonchev–Trinajstić information content (AvgIpc) is 2.78. The number of rotatable bonds is 4. The van der Waals surface area contributed by atoms with Crippen LogP contribution in [0.5, 0.6) is 0 Å². The van der Waals surface area contributed by atoms with Crippen LogP contribution in [-0.4, -0.2) is 27.1 Å². The Hall–Kier alpha value is -1.46. The van der Waals surface area contributed by atoms with Crippen LogP contribution in [0.1, 0.15) is 30.3 Å². The lowest BCUT2D eigenvalue weighted by Gasteiger charge is -2.21. The molecule has 0 aromatic carbocycles. The van der Waals surface area contributed by atoms with Crippen LogP contribution in [0.4, 0.5) is 0 Å². The van der Waals surface area contributed by atoms with Gasteiger partial charge in [-0.2, -0.15) is 0 Å². The zero-order valence-electron chi connectivity index (χ0n) is 10.6. The molecule has 18 heavy (non-hydrogen) atoms. The second kappa shape index (κ2) is 5.46. The molecule has 2 heterocycles. The van der Waals surface area contributed by atoms with E-state index in [0.717, 1.165) is 12.1 Å². The van der Waals surface area contributed by atoms with E-state index in [0.29, 0.717) is 16.9 Å². The molecule has 2 aromatic heterocycles. The van der Waals surface area contributed by atoms with E-state index < -0.39 is 0 Å². The maximum absolute atomic E-state index is 5.75. The largest absolute Gasteiger partial charge is 0.424 e. The zero-order chi connectivity index (χ0) is 13.1. The topological polar surface area (TPSA) is 55.1 Å². The van der Waals surface area contributed by atoms with Crippen molar-refractivity contribution in [3.8, 4) is 0 Å². The summed E-state index contributed by atoms with van der Waals surface area (Å²) in [7, 11) is 2.00. The van der Waals surface area contributed by atoms with Crippen molar-refractivity contribution in [2.45, 2.75) is 26.4 Å². The number of hydrogen-bond acceptors (Lipinski definition) is 5. The smallest absolute Gasteiger partial charge is 0.233 e. The Bertz CT molecular complexity index is 511. The van der Waals surface area contributed by atoms with Crippen LogP contribution in [0.25, 0.3) is 0 Å². The maximum Gasteiger partial charge on any atom is 0.233 e. The highest BCUT2D eigenvalue weighted by molar-refractivity contribution is 6.29. The Morgan fingerprint density at radius 3 is 2.72 bits per heavy atom. The number of hydrogen-bond donors (Lipinski definition) is 0. The van der Waals surface area contributed by atoms with E-state index in [9.17, 15) is 0 Å². The van der Waals surface area contributed by atoms with Gasteiger partial charge in [-0.15, -0.1) is 10.2 Å². The molecule has 0 bridgehead atoms. The molecule has 0 saturated heterocycles. The van der Waals surface area contributed by atoms with E-state index in [2.05, 4.69) is 20.1 Å². The van der Waals surface area contributed by atoms with Gasteiger partial charge in [-0.1, -0.05) is 17.7 Å². The minimum Gasteiger partial charge on any atom is -0.424 e. The lowest BCUT2D eigenvalue weighted by molar-refractivity contribution is 0.215. The molecule has 2 aromatic rings. The molecule has 0 spiro atoms. The minimum atomic E-state index is 0.0573. The Morgan fingerprint density at radius 1 is 1.39 bits per heavy atom. The highest BCUT2D eigenvalue weighted by atomic mass is 35.5. The summed E-state index contributed by atoms with van der Waals surface area (Å²) in [5.74, 6) is 1.20. The number of halogens is 1.